The summed E-state index contributed by atoms with van der Waals surface area (Å²) in [6.45, 7) is 2.05. The van der Waals surface area contributed by atoms with Crippen LogP contribution in [0.5, 0.6) is 0 Å². The molecular formula is C28H34N2O5. The van der Waals surface area contributed by atoms with Gasteiger partial charge >= 0.3 is 12.1 Å². The summed E-state index contributed by atoms with van der Waals surface area (Å²) in [5.41, 5.74) is 4.60. The van der Waals surface area contributed by atoms with E-state index in [1.807, 2.05) is 24.3 Å². The highest BCUT2D eigenvalue weighted by molar-refractivity contribution is 5.85. The van der Waals surface area contributed by atoms with Crippen LogP contribution < -0.4 is 10.6 Å². The molecular weight excluding hydrogens is 444 g/mol. The lowest BCUT2D eigenvalue weighted by Crippen LogP contribution is -2.46. The molecule has 0 radical (unpaired) electrons. The third-order valence-corrected chi connectivity index (χ3v) is 7.32. The Morgan fingerprint density at radius 3 is 2.17 bits per heavy atom. The van der Waals surface area contributed by atoms with Crippen molar-refractivity contribution in [1.82, 2.24) is 10.6 Å². The van der Waals surface area contributed by atoms with Crippen LogP contribution in [0.25, 0.3) is 11.1 Å². The molecule has 1 unspecified atom stereocenters. The highest BCUT2D eigenvalue weighted by atomic mass is 16.5. The largest absolute Gasteiger partial charge is 0.480 e. The van der Waals surface area contributed by atoms with Gasteiger partial charge in [0.15, 0.2) is 0 Å². The van der Waals surface area contributed by atoms with Crippen molar-refractivity contribution >= 4 is 18.0 Å². The number of hydrogen-bond acceptors (Lipinski definition) is 4. The van der Waals surface area contributed by atoms with Gasteiger partial charge in [0, 0.05) is 12.5 Å². The molecule has 3 N–H and O–H groups in total. The zero-order valence-corrected chi connectivity index (χ0v) is 20.2. The Kier molecular flexibility index (Phi) is 8.06. The van der Waals surface area contributed by atoms with E-state index in [0.717, 1.165) is 47.9 Å². The Morgan fingerprint density at radius 2 is 1.60 bits per heavy atom. The van der Waals surface area contributed by atoms with Crippen LogP contribution in [0, 0.1) is 11.8 Å². The Labute approximate surface area is 206 Å². The van der Waals surface area contributed by atoms with E-state index in [1.165, 1.54) is 0 Å². The van der Waals surface area contributed by atoms with E-state index in [9.17, 15) is 19.5 Å². The zero-order chi connectivity index (χ0) is 24.8. The lowest BCUT2D eigenvalue weighted by molar-refractivity contribution is -0.142. The van der Waals surface area contributed by atoms with Gasteiger partial charge in [0.2, 0.25) is 5.91 Å². The molecule has 7 heteroatoms. The van der Waals surface area contributed by atoms with Crippen molar-refractivity contribution in [1.29, 1.82) is 0 Å². The van der Waals surface area contributed by atoms with Crippen LogP contribution in [-0.2, 0) is 14.3 Å². The molecule has 2 atom stereocenters. The summed E-state index contributed by atoms with van der Waals surface area (Å²) in [4.78, 5) is 36.9. The van der Waals surface area contributed by atoms with Crippen molar-refractivity contribution in [2.45, 2.75) is 57.4 Å². The third-order valence-electron chi connectivity index (χ3n) is 7.32. The van der Waals surface area contributed by atoms with Gasteiger partial charge in [0.1, 0.15) is 12.6 Å². The molecule has 0 saturated heterocycles. The molecule has 4 rings (SSSR count). The number of benzene rings is 2. The van der Waals surface area contributed by atoms with Gasteiger partial charge in [0.25, 0.3) is 0 Å². The van der Waals surface area contributed by atoms with Crippen LogP contribution in [0.1, 0.15) is 62.5 Å². The number of fused-ring (bicyclic) bond motifs is 3. The van der Waals surface area contributed by atoms with Gasteiger partial charge < -0.3 is 20.5 Å². The molecule has 1 saturated carbocycles. The topological polar surface area (TPSA) is 105 Å². The molecule has 1 fully saturated rings. The van der Waals surface area contributed by atoms with Crippen LogP contribution >= 0.6 is 0 Å². The van der Waals surface area contributed by atoms with E-state index >= 15 is 0 Å². The Bertz CT molecular complexity index is 1020. The van der Waals surface area contributed by atoms with Crippen molar-refractivity contribution in [2.75, 3.05) is 13.2 Å². The minimum Gasteiger partial charge on any atom is -0.480 e. The molecule has 0 aromatic heterocycles. The molecule has 2 amide bonds. The summed E-state index contributed by atoms with van der Waals surface area (Å²) in [5, 5.41) is 14.7. The first-order chi connectivity index (χ1) is 17.0. The maximum Gasteiger partial charge on any atom is 0.407 e. The van der Waals surface area contributed by atoms with Crippen molar-refractivity contribution < 1.29 is 24.2 Å². The van der Waals surface area contributed by atoms with Gasteiger partial charge in [-0.2, -0.15) is 0 Å². The quantitative estimate of drug-likeness (QED) is 0.459. The first kappa shape index (κ1) is 24.8. The van der Waals surface area contributed by atoms with Gasteiger partial charge in [-0.25, -0.2) is 9.59 Å². The summed E-state index contributed by atoms with van der Waals surface area (Å²) in [7, 11) is 0. The molecule has 2 aromatic rings. The van der Waals surface area contributed by atoms with E-state index in [1.54, 1.807) is 6.92 Å². The number of carbonyl (C=O) groups is 3. The first-order valence-electron chi connectivity index (χ1n) is 12.6. The van der Waals surface area contributed by atoms with E-state index < -0.39 is 24.0 Å². The number of carboxylic acid groups (broad SMARTS) is 1. The monoisotopic (exact) mass is 478 g/mol. The second-order valence-corrected chi connectivity index (χ2v) is 9.60. The van der Waals surface area contributed by atoms with Gasteiger partial charge in [-0.15, -0.1) is 0 Å². The second-order valence-electron chi connectivity index (χ2n) is 9.60. The molecule has 0 spiro atoms. The highest BCUT2D eigenvalue weighted by Gasteiger charge is 2.30. The number of ether oxygens (including phenoxy) is 1. The summed E-state index contributed by atoms with van der Waals surface area (Å²) in [6, 6.07) is 15.4. The Balaban J connectivity index is 1.36. The number of nitrogens with one attached hydrogen (secondary N) is 2. The average molecular weight is 479 g/mol. The average Bonchev–Trinajstić information content (AvgIpc) is 3.49. The number of rotatable bonds is 10. The molecule has 35 heavy (non-hydrogen) atoms. The van der Waals surface area contributed by atoms with Crippen LogP contribution in [-0.4, -0.2) is 42.3 Å². The smallest absolute Gasteiger partial charge is 0.407 e. The van der Waals surface area contributed by atoms with E-state index in [4.69, 9.17) is 4.74 Å². The van der Waals surface area contributed by atoms with Crippen LogP contribution in [0.15, 0.2) is 48.5 Å². The predicted molar refractivity (Wildman–Crippen MR) is 133 cm³/mol. The molecule has 186 valence electrons. The SMILES string of the molecule is CC[C@H](NC(=O)C(CNC(=O)OCC1c2ccccc2-c2ccccc21)CC1CCCC1)C(=O)O. The summed E-state index contributed by atoms with van der Waals surface area (Å²) < 4.78 is 5.60. The minimum atomic E-state index is -1.05. The molecule has 2 aliphatic rings. The predicted octanol–water partition coefficient (Wildman–Crippen LogP) is 4.70. The molecule has 0 bridgehead atoms. The molecule has 2 aromatic carbocycles. The second kappa shape index (κ2) is 11.4. The Hall–Kier alpha value is -3.35. The van der Waals surface area contributed by atoms with E-state index in [2.05, 4.69) is 34.9 Å². The third kappa shape index (κ3) is 5.84. The van der Waals surface area contributed by atoms with Crippen molar-refractivity contribution in [3.05, 3.63) is 59.7 Å². The fourth-order valence-electron chi connectivity index (χ4n) is 5.42. The van der Waals surface area contributed by atoms with Crippen LogP contribution in [0.2, 0.25) is 0 Å². The molecule has 7 nitrogen and oxygen atoms in total. The first-order valence-corrected chi connectivity index (χ1v) is 12.6. The molecule has 2 aliphatic carbocycles. The summed E-state index contributed by atoms with van der Waals surface area (Å²) >= 11 is 0. The number of carboxylic acids is 1. The maximum absolute atomic E-state index is 12.9. The number of hydrogen-bond donors (Lipinski definition) is 3. The van der Waals surface area contributed by atoms with E-state index in [0.29, 0.717) is 18.8 Å². The number of alkyl carbamates (subject to hydrolysis) is 1. The fourth-order valence-corrected chi connectivity index (χ4v) is 5.42. The molecule has 0 heterocycles. The summed E-state index contributed by atoms with van der Waals surface area (Å²) in [5.74, 6) is -1.49. The van der Waals surface area contributed by atoms with E-state index in [-0.39, 0.29) is 25.0 Å². The minimum absolute atomic E-state index is 0.0355. The van der Waals surface area contributed by atoms with Gasteiger partial charge in [-0.1, -0.05) is 81.1 Å². The molecule has 0 aliphatic heterocycles. The lowest BCUT2D eigenvalue weighted by Gasteiger charge is -2.23. The van der Waals surface area contributed by atoms with Gasteiger partial charge in [0.05, 0.1) is 5.92 Å². The lowest BCUT2D eigenvalue weighted by atomic mass is 9.92. The number of aliphatic carboxylic acids is 1. The van der Waals surface area contributed by atoms with Gasteiger partial charge in [-0.3, -0.25) is 4.79 Å². The number of carbonyl (C=O) groups excluding carboxylic acids is 2. The highest BCUT2D eigenvalue weighted by Crippen LogP contribution is 2.44. The van der Waals surface area contributed by atoms with Crippen LogP contribution in [0.4, 0.5) is 4.79 Å². The van der Waals surface area contributed by atoms with Gasteiger partial charge in [-0.05, 0) is 41.0 Å². The normalized spacial score (nSPS) is 16.7. The Morgan fingerprint density at radius 1 is 1.00 bits per heavy atom. The van der Waals surface area contributed by atoms with Crippen molar-refractivity contribution in [3.8, 4) is 11.1 Å². The van der Waals surface area contributed by atoms with Crippen molar-refractivity contribution in [3.63, 3.8) is 0 Å². The van der Waals surface area contributed by atoms with Crippen LogP contribution in [0.3, 0.4) is 0 Å². The summed E-state index contributed by atoms with van der Waals surface area (Å²) in [6.07, 6.45) is 4.77. The van der Waals surface area contributed by atoms with Crippen molar-refractivity contribution in [2.24, 2.45) is 11.8 Å². The maximum atomic E-state index is 12.9. The standard InChI is InChI=1S/C28H34N2O5/c1-2-25(27(32)33)30-26(31)19(15-18-9-3-4-10-18)16-29-28(34)35-17-24-22-13-7-5-11-20(22)21-12-6-8-14-23(21)24/h5-8,11-14,18-19,24-25H,2-4,9-10,15-17H2,1H3,(H,29,34)(H,30,31)(H,32,33)/t19?,25-/m0/s1. The number of amides is 2. The fraction of sp³-hybridized carbons (Fsp3) is 0.464. The zero-order valence-electron chi connectivity index (χ0n) is 20.2.